The van der Waals surface area contributed by atoms with Gasteiger partial charge in [-0.15, -0.1) is 24.0 Å². The van der Waals surface area contributed by atoms with E-state index in [-0.39, 0.29) is 30.5 Å². The fourth-order valence-corrected chi connectivity index (χ4v) is 2.21. The highest BCUT2D eigenvalue weighted by Gasteiger charge is 2.15. The van der Waals surface area contributed by atoms with Crippen LogP contribution < -0.4 is 10.6 Å². The van der Waals surface area contributed by atoms with Gasteiger partial charge in [0.05, 0.1) is 19.3 Å². The van der Waals surface area contributed by atoms with Crippen LogP contribution in [-0.2, 0) is 17.8 Å². The molecule has 2 aromatic heterocycles. The van der Waals surface area contributed by atoms with Gasteiger partial charge >= 0.3 is 5.97 Å². The average Bonchev–Trinajstić information content (AvgIpc) is 3.11. The summed E-state index contributed by atoms with van der Waals surface area (Å²) in [5.41, 5.74) is 1.29. The predicted octanol–water partition coefficient (Wildman–Crippen LogP) is 2.85. The molecule has 0 aromatic carbocycles. The lowest BCUT2D eigenvalue weighted by Crippen LogP contribution is -2.36. The molecule has 2 N–H and O–H groups in total. The SMILES string of the molecule is CCNC(=NCc1cc(C(=O)OC)c(C)o1)NCc1nc(C)c(C)o1.I. The Morgan fingerprint density at radius 3 is 2.54 bits per heavy atom. The Hall–Kier alpha value is -2.04. The highest BCUT2D eigenvalue weighted by molar-refractivity contribution is 14.0. The average molecular weight is 476 g/mol. The van der Waals surface area contributed by atoms with Crippen LogP contribution in [0.5, 0.6) is 0 Å². The number of furan rings is 1. The highest BCUT2D eigenvalue weighted by atomic mass is 127. The van der Waals surface area contributed by atoms with E-state index in [1.165, 1.54) is 7.11 Å². The maximum atomic E-state index is 11.6. The minimum absolute atomic E-state index is 0. The molecule has 0 saturated carbocycles. The standard InChI is InChI=1S/C17H24N4O4.HI/c1-6-18-17(20-9-15-21-10(2)11(3)25-15)19-8-13-7-14(12(4)24-13)16(22)23-5;/h7H,6,8-9H2,1-5H3,(H2,18,19,20);1H. The first-order valence-electron chi connectivity index (χ1n) is 8.07. The van der Waals surface area contributed by atoms with Crippen LogP contribution in [0, 0.1) is 20.8 Å². The number of aryl methyl sites for hydroxylation is 3. The van der Waals surface area contributed by atoms with Crippen LogP contribution in [0.1, 0.15) is 46.1 Å². The highest BCUT2D eigenvalue weighted by Crippen LogP contribution is 2.16. The zero-order valence-electron chi connectivity index (χ0n) is 15.6. The second-order valence-corrected chi connectivity index (χ2v) is 5.47. The lowest BCUT2D eigenvalue weighted by Gasteiger charge is -2.09. The first-order chi connectivity index (χ1) is 11.9. The van der Waals surface area contributed by atoms with Crippen molar-refractivity contribution in [2.45, 2.75) is 40.8 Å². The molecule has 2 rings (SSSR count). The van der Waals surface area contributed by atoms with E-state index in [0.29, 0.717) is 42.0 Å². The van der Waals surface area contributed by atoms with Gasteiger partial charge in [-0.2, -0.15) is 0 Å². The molecular weight excluding hydrogens is 451 g/mol. The number of oxazole rings is 1. The van der Waals surface area contributed by atoms with Crippen molar-refractivity contribution in [3.05, 3.63) is 40.5 Å². The second kappa shape index (κ2) is 10.2. The first kappa shape index (κ1) is 22.0. The van der Waals surface area contributed by atoms with E-state index in [1.807, 2.05) is 20.8 Å². The van der Waals surface area contributed by atoms with Gasteiger partial charge in [-0.25, -0.2) is 14.8 Å². The number of aromatic nitrogens is 1. The number of esters is 1. The Morgan fingerprint density at radius 1 is 1.23 bits per heavy atom. The van der Waals surface area contributed by atoms with E-state index in [0.717, 1.165) is 11.5 Å². The normalized spacial score (nSPS) is 11.0. The summed E-state index contributed by atoms with van der Waals surface area (Å²) in [6.45, 7) is 8.89. The number of nitrogens with one attached hydrogen (secondary N) is 2. The molecule has 0 saturated heterocycles. The van der Waals surface area contributed by atoms with Crippen molar-refractivity contribution in [1.29, 1.82) is 0 Å². The number of hydrogen-bond acceptors (Lipinski definition) is 6. The van der Waals surface area contributed by atoms with Crippen LogP contribution in [-0.4, -0.2) is 30.6 Å². The maximum absolute atomic E-state index is 11.6. The van der Waals surface area contributed by atoms with Crippen molar-refractivity contribution >= 4 is 35.9 Å². The number of aliphatic imine (C=N–C) groups is 1. The first-order valence-corrected chi connectivity index (χ1v) is 8.07. The quantitative estimate of drug-likeness (QED) is 0.286. The minimum Gasteiger partial charge on any atom is -0.465 e. The molecule has 2 aromatic rings. The number of hydrogen-bond donors (Lipinski definition) is 2. The lowest BCUT2D eigenvalue weighted by molar-refractivity contribution is 0.0599. The molecule has 26 heavy (non-hydrogen) atoms. The van der Waals surface area contributed by atoms with Crippen molar-refractivity contribution in [1.82, 2.24) is 15.6 Å². The Kier molecular flexibility index (Phi) is 8.62. The zero-order valence-corrected chi connectivity index (χ0v) is 18.0. The lowest BCUT2D eigenvalue weighted by atomic mass is 10.2. The molecule has 0 radical (unpaired) electrons. The van der Waals surface area contributed by atoms with Crippen LogP contribution >= 0.6 is 24.0 Å². The van der Waals surface area contributed by atoms with Gasteiger partial charge in [0.1, 0.15) is 29.4 Å². The molecule has 0 atom stereocenters. The molecule has 0 fully saturated rings. The smallest absolute Gasteiger partial charge is 0.341 e. The summed E-state index contributed by atoms with van der Waals surface area (Å²) in [4.78, 5) is 20.4. The van der Waals surface area contributed by atoms with Crippen molar-refractivity contribution in [3.63, 3.8) is 0 Å². The van der Waals surface area contributed by atoms with E-state index in [1.54, 1.807) is 13.0 Å². The van der Waals surface area contributed by atoms with Gasteiger partial charge in [-0.3, -0.25) is 0 Å². The van der Waals surface area contributed by atoms with Crippen molar-refractivity contribution in [2.24, 2.45) is 4.99 Å². The summed E-state index contributed by atoms with van der Waals surface area (Å²) in [6, 6.07) is 1.65. The zero-order chi connectivity index (χ0) is 18.4. The molecule has 0 aliphatic carbocycles. The number of rotatable bonds is 6. The van der Waals surface area contributed by atoms with Crippen LogP contribution in [0.3, 0.4) is 0 Å². The summed E-state index contributed by atoms with van der Waals surface area (Å²) < 4.78 is 15.8. The van der Waals surface area contributed by atoms with E-state index in [2.05, 4.69) is 20.6 Å². The van der Waals surface area contributed by atoms with Gasteiger partial charge in [0.25, 0.3) is 0 Å². The van der Waals surface area contributed by atoms with Crippen LogP contribution in [0.15, 0.2) is 19.9 Å². The molecule has 0 aliphatic rings. The van der Waals surface area contributed by atoms with Gasteiger partial charge in [0, 0.05) is 6.54 Å². The van der Waals surface area contributed by atoms with Crippen molar-refractivity contribution < 1.29 is 18.4 Å². The summed E-state index contributed by atoms with van der Waals surface area (Å²) in [5.74, 6) is 2.68. The monoisotopic (exact) mass is 476 g/mol. The molecule has 0 unspecified atom stereocenters. The Morgan fingerprint density at radius 2 is 1.96 bits per heavy atom. The summed E-state index contributed by atoms with van der Waals surface area (Å²) in [5, 5.41) is 6.29. The summed E-state index contributed by atoms with van der Waals surface area (Å²) >= 11 is 0. The second-order valence-electron chi connectivity index (χ2n) is 5.47. The number of nitrogens with zero attached hydrogens (tertiary/aromatic N) is 2. The third-order valence-electron chi connectivity index (χ3n) is 3.59. The Balaban J connectivity index is 0.00000338. The van der Waals surface area contributed by atoms with Gasteiger partial charge in [0.2, 0.25) is 5.89 Å². The Bertz CT molecular complexity index is 747. The van der Waals surface area contributed by atoms with E-state index >= 15 is 0 Å². The number of carbonyl (C=O) groups excluding carboxylic acids is 1. The number of carbonyl (C=O) groups is 1. The summed E-state index contributed by atoms with van der Waals surface area (Å²) in [6.07, 6.45) is 0. The topological polar surface area (TPSA) is 102 Å². The molecular formula is C17H25IN4O4. The fraction of sp³-hybridized carbons (Fsp3) is 0.471. The Labute approximate surface area is 169 Å². The molecule has 0 amide bonds. The maximum Gasteiger partial charge on any atom is 0.341 e. The van der Waals surface area contributed by atoms with Crippen LogP contribution in [0.4, 0.5) is 0 Å². The largest absolute Gasteiger partial charge is 0.465 e. The molecule has 0 bridgehead atoms. The summed E-state index contributed by atoms with van der Waals surface area (Å²) in [7, 11) is 1.34. The number of ether oxygens (including phenoxy) is 1. The predicted molar refractivity (Wildman–Crippen MR) is 108 cm³/mol. The molecule has 2 heterocycles. The van der Waals surface area contributed by atoms with Crippen molar-refractivity contribution in [3.8, 4) is 0 Å². The number of methoxy groups -OCH3 is 1. The molecule has 144 valence electrons. The van der Waals surface area contributed by atoms with Crippen LogP contribution in [0.2, 0.25) is 0 Å². The third kappa shape index (κ3) is 5.75. The van der Waals surface area contributed by atoms with Gasteiger partial charge in [-0.05, 0) is 33.8 Å². The van der Waals surface area contributed by atoms with E-state index < -0.39 is 5.97 Å². The van der Waals surface area contributed by atoms with Crippen molar-refractivity contribution in [2.75, 3.05) is 13.7 Å². The molecule has 0 spiro atoms. The minimum atomic E-state index is -0.420. The fourth-order valence-electron chi connectivity index (χ4n) is 2.21. The number of guanidine groups is 1. The third-order valence-corrected chi connectivity index (χ3v) is 3.59. The van der Waals surface area contributed by atoms with E-state index in [4.69, 9.17) is 13.6 Å². The molecule has 0 aliphatic heterocycles. The van der Waals surface area contributed by atoms with E-state index in [9.17, 15) is 4.79 Å². The molecule has 8 nitrogen and oxygen atoms in total. The van der Waals surface area contributed by atoms with Crippen LogP contribution in [0.25, 0.3) is 0 Å². The van der Waals surface area contributed by atoms with Gasteiger partial charge in [0.15, 0.2) is 5.96 Å². The molecule has 9 heteroatoms. The number of halogens is 1. The van der Waals surface area contributed by atoms with Gasteiger partial charge in [-0.1, -0.05) is 0 Å². The van der Waals surface area contributed by atoms with Gasteiger partial charge < -0.3 is 24.2 Å².